The Bertz CT molecular complexity index is 516. The van der Waals surface area contributed by atoms with Crippen LogP contribution in [0.1, 0.15) is 36.8 Å². The molecule has 20 heavy (non-hydrogen) atoms. The van der Waals surface area contributed by atoms with Gasteiger partial charge in [0, 0.05) is 12.8 Å². The molecule has 0 atom stereocenters. The van der Waals surface area contributed by atoms with Gasteiger partial charge in [0.2, 0.25) is 5.92 Å². The summed E-state index contributed by atoms with van der Waals surface area (Å²) in [6, 6.07) is 5.15. The molecule has 1 N–H and O–H groups in total. The molecule has 0 spiro atoms. The van der Waals surface area contributed by atoms with Gasteiger partial charge >= 0.3 is 5.97 Å². The molecule has 1 aromatic carbocycles. The molecule has 5 heteroatoms. The van der Waals surface area contributed by atoms with Gasteiger partial charge in [-0.3, -0.25) is 4.79 Å². The highest BCUT2D eigenvalue weighted by molar-refractivity contribution is 5.82. The summed E-state index contributed by atoms with van der Waals surface area (Å²) < 4.78 is 31.9. The number of aliphatic carboxylic acids is 1. The largest absolute Gasteiger partial charge is 0.496 e. The predicted octanol–water partition coefficient (Wildman–Crippen LogP) is 3.54. The smallest absolute Gasteiger partial charge is 0.314 e. The second-order valence-corrected chi connectivity index (χ2v) is 5.38. The molecule has 0 heterocycles. The molecule has 0 unspecified atom stereocenters. The third-order valence-corrected chi connectivity index (χ3v) is 4.26. The van der Waals surface area contributed by atoms with Gasteiger partial charge in [0.15, 0.2) is 0 Å². The summed E-state index contributed by atoms with van der Waals surface area (Å²) in [5.41, 5.74) is 0.0581. The van der Waals surface area contributed by atoms with Crippen LogP contribution >= 0.6 is 0 Å². The number of carbonyl (C=O) groups is 1. The van der Waals surface area contributed by atoms with Crippen molar-refractivity contribution in [2.45, 2.75) is 43.9 Å². The summed E-state index contributed by atoms with van der Waals surface area (Å²) in [6.07, 6.45) is -0.890. The van der Waals surface area contributed by atoms with Gasteiger partial charge in [-0.15, -0.1) is 0 Å². The monoisotopic (exact) mass is 284 g/mol. The number of carboxylic acids is 1. The summed E-state index contributed by atoms with van der Waals surface area (Å²) in [7, 11) is 1.51. The first kappa shape index (κ1) is 14.8. The van der Waals surface area contributed by atoms with Gasteiger partial charge in [0.05, 0.1) is 12.5 Å². The normalized spacial score (nSPS) is 20.4. The van der Waals surface area contributed by atoms with Crippen molar-refractivity contribution < 1.29 is 23.4 Å². The van der Waals surface area contributed by atoms with Gasteiger partial charge in [-0.25, -0.2) is 8.78 Å². The van der Waals surface area contributed by atoms with E-state index in [9.17, 15) is 18.7 Å². The van der Waals surface area contributed by atoms with Crippen LogP contribution in [0.3, 0.4) is 0 Å². The molecule has 0 aliphatic heterocycles. The van der Waals surface area contributed by atoms with Crippen LogP contribution < -0.4 is 4.74 Å². The summed E-state index contributed by atoms with van der Waals surface area (Å²) in [5.74, 6) is -3.21. The van der Waals surface area contributed by atoms with E-state index in [1.54, 1.807) is 25.1 Å². The van der Waals surface area contributed by atoms with E-state index in [1.165, 1.54) is 7.11 Å². The van der Waals surface area contributed by atoms with Crippen LogP contribution in [0.2, 0.25) is 0 Å². The molecule has 1 aliphatic rings. The van der Waals surface area contributed by atoms with E-state index in [1.807, 2.05) is 0 Å². The van der Waals surface area contributed by atoms with Crippen molar-refractivity contribution in [1.82, 2.24) is 0 Å². The first-order chi connectivity index (χ1) is 9.32. The Morgan fingerprint density at radius 3 is 2.35 bits per heavy atom. The minimum Gasteiger partial charge on any atom is -0.496 e. The highest BCUT2D eigenvalue weighted by atomic mass is 19.3. The van der Waals surface area contributed by atoms with Gasteiger partial charge in [-0.05, 0) is 37.0 Å². The fourth-order valence-corrected chi connectivity index (χ4v) is 2.99. The molecular weight excluding hydrogens is 266 g/mol. The molecule has 110 valence electrons. The van der Waals surface area contributed by atoms with E-state index >= 15 is 0 Å². The quantitative estimate of drug-likeness (QED) is 0.923. The first-order valence-electron chi connectivity index (χ1n) is 6.58. The predicted molar refractivity (Wildman–Crippen MR) is 70.5 cm³/mol. The van der Waals surface area contributed by atoms with Crippen molar-refractivity contribution in [3.63, 3.8) is 0 Å². The summed E-state index contributed by atoms with van der Waals surface area (Å²) >= 11 is 0. The molecule has 0 radical (unpaired) electrons. The molecule has 0 aromatic heterocycles. The number of ether oxygens (including phenoxy) is 1. The SMILES string of the molecule is COc1cccc(C2(C(=O)O)CCC(F)(F)CC2)c1C. The molecule has 0 saturated heterocycles. The maximum Gasteiger partial charge on any atom is 0.314 e. The van der Waals surface area contributed by atoms with Crippen molar-refractivity contribution in [3.05, 3.63) is 29.3 Å². The third-order valence-electron chi connectivity index (χ3n) is 4.26. The van der Waals surface area contributed by atoms with Crippen LogP contribution in [-0.2, 0) is 10.2 Å². The maximum atomic E-state index is 13.4. The number of halogens is 2. The van der Waals surface area contributed by atoms with Crippen LogP contribution in [0.15, 0.2) is 18.2 Å². The van der Waals surface area contributed by atoms with E-state index in [2.05, 4.69) is 0 Å². The second-order valence-electron chi connectivity index (χ2n) is 5.38. The number of rotatable bonds is 3. The number of carboxylic acid groups (broad SMARTS) is 1. The van der Waals surface area contributed by atoms with Crippen LogP contribution in [0.25, 0.3) is 0 Å². The van der Waals surface area contributed by atoms with Crippen LogP contribution in [0.5, 0.6) is 5.75 Å². The van der Waals surface area contributed by atoms with E-state index in [0.29, 0.717) is 16.9 Å². The maximum absolute atomic E-state index is 13.4. The average molecular weight is 284 g/mol. The zero-order valence-corrected chi connectivity index (χ0v) is 11.6. The Labute approximate surface area is 116 Å². The lowest BCUT2D eigenvalue weighted by Crippen LogP contribution is -2.43. The Morgan fingerprint density at radius 2 is 1.85 bits per heavy atom. The molecule has 1 saturated carbocycles. The molecule has 3 nitrogen and oxygen atoms in total. The number of alkyl halides is 2. The minimum atomic E-state index is -2.76. The Morgan fingerprint density at radius 1 is 1.25 bits per heavy atom. The highest BCUT2D eigenvalue weighted by Crippen LogP contribution is 2.47. The summed E-state index contributed by atoms with van der Waals surface area (Å²) in [4.78, 5) is 11.8. The van der Waals surface area contributed by atoms with Gasteiger partial charge < -0.3 is 9.84 Å². The second kappa shape index (κ2) is 5.04. The molecule has 2 rings (SSSR count). The number of hydrogen-bond donors (Lipinski definition) is 1. The van der Waals surface area contributed by atoms with Crippen LogP contribution in [-0.4, -0.2) is 24.1 Å². The van der Waals surface area contributed by atoms with E-state index in [4.69, 9.17) is 4.74 Å². The minimum absolute atomic E-state index is 0.0522. The van der Waals surface area contributed by atoms with Crippen LogP contribution in [0, 0.1) is 6.92 Å². The fraction of sp³-hybridized carbons (Fsp3) is 0.533. The third kappa shape index (κ3) is 2.37. The van der Waals surface area contributed by atoms with E-state index in [-0.39, 0.29) is 12.8 Å². The lowest BCUT2D eigenvalue weighted by atomic mass is 9.67. The Kier molecular flexibility index (Phi) is 3.71. The van der Waals surface area contributed by atoms with Crippen molar-refractivity contribution >= 4 is 5.97 Å². The van der Waals surface area contributed by atoms with Gasteiger partial charge in [-0.1, -0.05) is 12.1 Å². The number of hydrogen-bond acceptors (Lipinski definition) is 2. The van der Waals surface area contributed by atoms with E-state index in [0.717, 1.165) is 0 Å². The number of methoxy groups -OCH3 is 1. The van der Waals surface area contributed by atoms with Gasteiger partial charge in [0.25, 0.3) is 0 Å². The lowest BCUT2D eigenvalue weighted by Gasteiger charge is -2.38. The van der Waals surface area contributed by atoms with Gasteiger partial charge in [-0.2, -0.15) is 0 Å². The lowest BCUT2D eigenvalue weighted by molar-refractivity contribution is -0.149. The average Bonchev–Trinajstić information content (AvgIpc) is 2.39. The Hall–Kier alpha value is -1.65. The molecular formula is C15H18F2O3. The van der Waals surface area contributed by atoms with Gasteiger partial charge in [0.1, 0.15) is 5.75 Å². The molecule has 0 bridgehead atoms. The fourth-order valence-electron chi connectivity index (χ4n) is 2.99. The van der Waals surface area contributed by atoms with Crippen molar-refractivity contribution in [2.75, 3.05) is 7.11 Å². The molecule has 1 aliphatic carbocycles. The number of benzene rings is 1. The zero-order valence-electron chi connectivity index (χ0n) is 11.6. The topological polar surface area (TPSA) is 46.5 Å². The summed E-state index contributed by atoms with van der Waals surface area (Å²) in [6.45, 7) is 1.77. The molecule has 1 fully saturated rings. The van der Waals surface area contributed by atoms with E-state index < -0.39 is 30.1 Å². The first-order valence-corrected chi connectivity index (χ1v) is 6.58. The van der Waals surface area contributed by atoms with Crippen molar-refractivity contribution in [3.8, 4) is 5.75 Å². The van der Waals surface area contributed by atoms with Crippen molar-refractivity contribution in [1.29, 1.82) is 0 Å². The van der Waals surface area contributed by atoms with Crippen molar-refractivity contribution in [2.24, 2.45) is 0 Å². The summed E-state index contributed by atoms with van der Waals surface area (Å²) in [5, 5.41) is 9.61. The highest BCUT2D eigenvalue weighted by Gasteiger charge is 2.49. The molecule has 1 aromatic rings. The zero-order chi connectivity index (χ0) is 15.0. The Balaban J connectivity index is 2.48. The van der Waals surface area contributed by atoms with Crippen LogP contribution in [0.4, 0.5) is 8.78 Å². The molecule has 0 amide bonds. The standard InChI is InChI=1S/C15H18F2O3/c1-10-11(4-3-5-12(10)20-2)14(13(18)19)6-8-15(16,17)9-7-14/h3-5H,6-9H2,1-2H3,(H,18,19).